The fourth-order valence-electron chi connectivity index (χ4n) is 9.51. The van der Waals surface area contributed by atoms with Crippen molar-refractivity contribution in [2.75, 3.05) is 13.1 Å². The van der Waals surface area contributed by atoms with E-state index >= 15 is 0 Å². The van der Waals surface area contributed by atoms with Crippen molar-refractivity contribution in [1.29, 1.82) is 0 Å². The fraction of sp³-hybridized carbons (Fsp3) is 0.326. The van der Waals surface area contributed by atoms with Crippen LogP contribution in [-0.2, 0) is 36.2 Å². The third-order valence-electron chi connectivity index (χ3n) is 11.9. The second kappa shape index (κ2) is 11.4. The Morgan fingerprint density at radius 2 is 1.59 bits per heavy atom. The lowest BCUT2D eigenvalue weighted by Crippen LogP contribution is -2.75. The molecule has 0 N–H and O–H groups in total. The van der Waals surface area contributed by atoms with Crippen molar-refractivity contribution < 1.29 is 14.2 Å². The molecule has 0 unspecified atom stereocenters. The molecule has 49 heavy (non-hydrogen) atoms. The summed E-state index contributed by atoms with van der Waals surface area (Å²) in [7, 11) is 0. The summed E-state index contributed by atoms with van der Waals surface area (Å²) in [4.78, 5) is 8.04. The number of halogens is 1. The Labute approximate surface area is 292 Å². The first-order chi connectivity index (χ1) is 24.1. The first-order valence-electron chi connectivity index (χ1n) is 17.8. The van der Waals surface area contributed by atoms with Gasteiger partial charge >= 0.3 is 0 Å². The quantitative estimate of drug-likeness (QED) is 0.157. The van der Waals surface area contributed by atoms with Crippen molar-refractivity contribution in [3.63, 3.8) is 0 Å². The molecule has 10 rings (SSSR count). The third-order valence-corrected chi connectivity index (χ3v) is 12.2. The van der Waals surface area contributed by atoms with E-state index in [9.17, 15) is 0 Å². The van der Waals surface area contributed by atoms with Crippen LogP contribution in [0.25, 0.3) is 11.1 Å². The number of ether oxygens (including phenoxy) is 3. The summed E-state index contributed by atoms with van der Waals surface area (Å²) in [5, 5.41) is 0.730. The Morgan fingerprint density at radius 1 is 0.837 bits per heavy atom. The van der Waals surface area contributed by atoms with E-state index in [4.69, 9.17) is 30.8 Å². The van der Waals surface area contributed by atoms with E-state index in [0.717, 1.165) is 77.2 Å². The summed E-state index contributed by atoms with van der Waals surface area (Å²) in [6.07, 6.45) is 7.07. The van der Waals surface area contributed by atoms with Gasteiger partial charge in [-0.1, -0.05) is 90.5 Å². The van der Waals surface area contributed by atoms with Crippen LogP contribution in [0.4, 0.5) is 0 Å². The van der Waals surface area contributed by atoms with Crippen LogP contribution in [0, 0.1) is 5.92 Å². The molecular formula is C43H39ClN2O3. The monoisotopic (exact) mass is 666 g/mol. The van der Waals surface area contributed by atoms with Gasteiger partial charge in [0.05, 0.1) is 17.7 Å². The van der Waals surface area contributed by atoms with Gasteiger partial charge in [-0.2, -0.15) is 0 Å². The zero-order chi connectivity index (χ0) is 32.6. The summed E-state index contributed by atoms with van der Waals surface area (Å²) in [6, 6.07) is 36.1. The Bertz CT molecular complexity index is 2030. The molecule has 1 aromatic heterocycles. The van der Waals surface area contributed by atoms with Gasteiger partial charge in [-0.05, 0) is 90.2 Å². The molecule has 4 aromatic carbocycles. The number of hydrogen-bond acceptors (Lipinski definition) is 5. The Kier molecular flexibility index (Phi) is 6.94. The van der Waals surface area contributed by atoms with E-state index in [1.54, 1.807) is 0 Å². The van der Waals surface area contributed by atoms with Gasteiger partial charge in [-0.25, -0.2) is 0 Å². The number of piperidine rings is 1. The van der Waals surface area contributed by atoms with Crippen molar-refractivity contribution in [3.8, 4) is 22.6 Å². The normalized spacial score (nSPS) is 26.1. The van der Waals surface area contributed by atoms with Crippen LogP contribution < -0.4 is 9.47 Å². The van der Waals surface area contributed by atoms with Crippen molar-refractivity contribution in [2.24, 2.45) is 5.92 Å². The van der Waals surface area contributed by atoms with Crippen molar-refractivity contribution in [1.82, 2.24) is 9.88 Å². The molecule has 5 aromatic rings. The van der Waals surface area contributed by atoms with Gasteiger partial charge in [0.1, 0.15) is 12.2 Å². The van der Waals surface area contributed by atoms with Crippen LogP contribution in [0.15, 0.2) is 109 Å². The molecule has 0 radical (unpaired) electrons. The Morgan fingerprint density at radius 3 is 2.35 bits per heavy atom. The highest BCUT2D eigenvalue weighted by Gasteiger charge is 2.74. The predicted octanol–water partition coefficient (Wildman–Crippen LogP) is 8.90. The molecule has 246 valence electrons. The van der Waals surface area contributed by atoms with E-state index < -0.39 is 5.60 Å². The number of likely N-dealkylation sites (tertiary alicyclic amines) is 1. The van der Waals surface area contributed by atoms with E-state index in [1.165, 1.54) is 35.1 Å². The van der Waals surface area contributed by atoms with Crippen LogP contribution in [0.1, 0.15) is 58.9 Å². The molecule has 5 nitrogen and oxygen atoms in total. The van der Waals surface area contributed by atoms with Gasteiger partial charge in [0.25, 0.3) is 0 Å². The molecule has 2 fully saturated rings. The van der Waals surface area contributed by atoms with Crippen LogP contribution >= 0.6 is 11.6 Å². The third kappa shape index (κ3) is 4.70. The molecule has 3 aliphatic carbocycles. The maximum absolute atomic E-state index is 7.59. The number of aromatic nitrogens is 1. The highest BCUT2D eigenvalue weighted by Crippen LogP contribution is 2.70. The van der Waals surface area contributed by atoms with Crippen molar-refractivity contribution >= 4 is 11.6 Å². The van der Waals surface area contributed by atoms with E-state index in [0.29, 0.717) is 13.2 Å². The maximum Gasteiger partial charge on any atom is 0.166 e. The SMILES string of the molecule is Clc1ccc(-c2cnc3c(c2)C[C@@]2(OCc4ccccc4)[C@H]4Cc5ccc(OCc6ccccc6)c6c5[C@@]2(CCN4CC2CC2)[C@H]3O6)cc1. The lowest BCUT2D eigenvalue weighted by Gasteiger charge is -2.64. The number of benzene rings is 4. The first kappa shape index (κ1) is 29.7. The van der Waals surface area contributed by atoms with Gasteiger partial charge < -0.3 is 14.2 Å². The average Bonchev–Trinajstić information content (AvgIpc) is 3.89. The molecule has 5 aliphatic rings. The second-order valence-corrected chi connectivity index (χ2v) is 15.1. The minimum atomic E-state index is -0.510. The summed E-state index contributed by atoms with van der Waals surface area (Å²) in [6.45, 7) is 3.21. The molecule has 1 spiro atoms. The number of hydrogen-bond donors (Lipinski definition) is 0. The number of rotatable bonds is 9. The molecular weight excluding hydrogens is 628 g/mol. The predicted molar refractivity (Wildman–Crippen MR) is 191 cm³/mol. The molecule has 1 saturated carbocycles. The van der Waals surface area contributed by atoms with E-state index in [1.807, 2.05) is 24.4 Å². The number of nitrogens with zero attached hydrogens (tertiary/aromatic N) is 2. The largest absolute Gasteiger partial charge is 0.485 e. The minimum absolute atomic E-state index is 0.221. The molecule has 4 atom stereocenters. The maximum atomic E-state index is 7.59. The van der Waals surface area contributed by atoms with E-state index in [-0.39, 0.29) is 17.6 Å². The molecule has 1 saturated heterocycles. The van der Waals surface area contributed by atoms with Crippen molar-refractivity contribution in [2.45, 2.75) is 68.5 Å². The van der Waals surface area contributed by atoms with Gasteiger partial charge in [0.15, 0.2) is 17.6 Å². The first-order valence-corrected chi connectivity index (χ1v) is 18.2. The molecule has 3 heterocycles. The van der Waals surface area contributed by atoms with Gasteiger partial charge in [0, 0.05) is 41.4 Å². The standard InChI is InChI=1S/C43H39ClN2O3/c44-35-16-13-31(14-17-35)34-21-33-23-43(48-27-30-9-5-2-6-10-30)37-22-32-15-18-36(47-26-29-7-3-1-4-8-29)40-38(32)42(43,41(49-40)39(33)45-24-34)19-20-46(37)25-28-11-12-28/h1-10,13-18,21,24,28,37,41H,11-12,19-20,22-23,25-27H2/t37-,41+,42+,43-/m1/s1. The lowest BCUT2D eigenvalue weighted by atomic mass is 9.48. The van der Waals surface area contributed by atoms with Crippen LogP contribution in [0.2, 0.25) is 5.02 Å². The van der Waals surface area contributed by atoms with Gasteiger partial charge in [-0.15, -0.1) is 0 Å². The molecule has 6 heteroatoms. The Hall–Kier alpha value is -4.16. The zero-order valence-corrected chi connectivity index (χ0v) is 28.2. The topological polar surface area (TPSA) is 43.8 Å². The minimum Gasteiger partial charge on any atom is -0.485 e. The number of pyridine rings is 1. The van der Waals surface area contributed by atoms with Crippen LogP contribution in [0.3, 0.4) is 0 Å². The van der Waals surface area contributed by atoms with E-state index in [2.05, 4.69) is 89.8 Å². The van der Waals surface area contributed by atoms with Crippen molar-refractivity contribution in [3.05, 3.63) is 148 Å². The summed E-state index contributed by atoms with van der Waals surface area (Å²) < 4.78 is 21.5. The van der Waals surface area contributed by atoms with Crippen LogP contribution in [0.5, 0.6) is 11.5 Å². The summed E-state index contributed by atoms with van der Waals surface area (Å²) in [5.41, 5.74) is 8.54. The summed E-state index contributed by atoms with van der Waals surface area (Å²) >= 11 is 6.28. The van der Waals surface area contributed by atoms with Gasteiger partial charge in [0.2, 0.25) is 0 Å². The fourth-order valence-corrected chi connectivity index (χ4v) is 9.64. The Balaban J connectivity index is 1.15. The highest BCUT2D eigenvalue weighted by atomic mass is 35.5. The lowest BCUT2D eigenvalue weighted by molar-refractivity contribution is -0.211. The zero-order valence-electron chi connectivity index (χ0n) is 27.5. The highest BCUT2D eigenvalue weighted by molar-refractivity contribution is 6.30. The smallest absolute Gasteiger partial charge is 0.166 e. The summed E-state index contributed by atoms with van der Waals surface area (Å²) in [5.74, 6) is 2.48. The molecule has 2 aliphatic heterocycles. The van der Waals surface area contributed by atoms with Gasteiger partial charge in [-0.3, -0.25) is 9.88 Å². The number of fused-ring (bicyclic) bond motifs is 2. The second-order valence-electron chi connectivity index (χ2n) is 14.7. The molecule has 0 amide bonds. The average molecular weight is 667 g/mol. The molecule has 2 bridgehead atoms. The van der Waals surface area contributed by atoms with Crippen LogP contribution in [-0.4, -0.2) is 34.6 Å².